The van der Waals surface area contributed by atoms with E-state index < -0.39 is 29.0 Å². The predicted octanol–water partition coefficient (Wildman–Crippen LogP) is 2.72. The van der Waals surface area contributed by atoms with Crippen LogP contribution in [0.1, 0.15) is 40.8 Å². The van der Waals surface area contributed by atoms with Crippen molar-refractivity contribution < 1.29 is 27.1 Å². The van der Waals surface area contributed by atoms with Crippen molar-refractivity contribution in [1.29, 1.82) is 0 Å². The van der Waals surface area contributed by atoms with Crippen LogP contribution in [-0.4, -0.2) is 107 Å². The third-order valence-corrected chi connectivity index (χ3v) is 9.67. The van der Waals surface area contributed by atoms with Crippen molar-refractivity contribution in [3.63, 3.8) is 0 Å². The number of nitrogens with one attached hydrogen (secondary N) is 3. The molecule has 6 heterocycles. The molecule has 19 heteroatoms. The lowest BCUT2D eigenvalue weighted by Crippen LogP contribution is -2.49. The number of aromatic nitrogens is 6. The number of pyridine rings is 1. The summed E-state index contributed by atoms with van der Waals surface area (Å²) in [5, 5.41) is 20.2. The Labute approximate surface area is 300 Å². The van der Waals surface area contributed by atoms with Crippen molar-refractivity contribution in [2.45, 2.75) is 25.1 Å². The summed E-state index contributed by atoms with van der Waals surface area (Å²) in [4.78, 5) is 38.0. The molecule has 0 radical (unpaired) electrons. The van der Waals surface area contributed by atoms with E-state index in [0.29, 0.717) is 95.0 Å². The molecule has 15 nitrogen and oxygen atoms in total. The van der Waals surface area contributed by atoms with E-state index in [1.54, 1.807) is 17.0 Å². The van der Waals surface area contributed by atoms with Crippen molar-refractivity contribution in [1.82, 2.24) is 40.6 Å². The van der Waals surface area contributed by atoms with Gasteiger partial charge in [-0.25, -0.2) is 19.5 Å². The summed E-state index contributed by atoms with van der Waals surface area (Å²) in [5.74, 6) is -0.708. The molecule has 1 unspecified atom stereocenters. The van der Waals surface area contributed by atoms with Gasteiger partial charge in [-0.15, -0.1) is 10.2 Å². The number of piperazine rings is 1. The first-order valence-electron chi connectivity index (χ1n) is 17.3. The zero-order chi connectivity index (χ0) is 37.1. The summed E-state index contributed by atoms with van der Waals surface area (Å²) < 4.78 is 63.4. The minimum absolute atomic E-state index is 0.0663. The molecule has 0 saturated carbocycles. The van der Waals surface area contributed by atoms with Gasteiger partial charge in [0, 0.05) is 75.9 Å². The smallest absolute Gasteiger partial charge is 0.378 e. The first kappa shape index (κ1) is 36.1. The number of anilines is 4. The molecule has 1 atom stereocenters. The molecule has 5 N–H and O–H groups in total. The average Bonchev–Trinajstić information content (AvgIpc) is 3.16. The first-order valence-corrected chi connectivity index (χ1v) is 17.3. The van der Waals surface area contributed by atoms with E-state index in [0.717, 1.165) is 12.6 Å². The fraction of sp³-hybridized carbons (Fsp3) is 0.441. The lowest BCUT2D eigenvalue weighted by Gasteiger charge is -2.40. The maximum atomic E-state index is 15.5. The van der Waals surface area contributed by atoms with E-state index in [1.165, 1.54) is 24.4 Å². The van der Waals surface area contributed by atoms with Crippen LogP contribution in [0.5, 0.6) is 0 Å². The van der Waals surface area contributed by atoms with E-state index in [9.17, 15) is 22.8 Å². The number of piperidine rings is 1. The molecule has 0 spiro atoms. The zero-order valence-electron chi connectivity index (χ0n) is 28.6. The van der Waals surface area contributed by atoms with Crippen molar-refractivity contribution in [3.8, 4) is 11.3 Å². The summed E-state index contributed by atoms with van der Waals surface area (Å²) in [6.07, 6.45) is -1.86. The molecular weight excluding hydrogens is 700 g/mol. The second-order valence-electron chi connectivity index (χ2n) is 13.2. The average molecular weight is 739 g/mol. The fourth-order valence-corrected chi connectivity index (χ4v) is 6.88. The number of hydrogen-bond donors (Lipinski definition) is 4. The van der Waals surface area contributed by atoms with Gasteiger partial charge in [-0.1, -0.05) is 0 Å². The number of hydrogen-bond acceptors (Lipinski definition) is 13. The van der Waals surface area contributed by atoms with Crippen LogP contribution in [0.2, 0.25) is 0 Å². The highest BCUT2D eigenvalue weighted by Gasteiger charge is 2.37. The molecular formula is C34H38F4N12O3. The minimum atomic E-state index is -4.62. The molecule has 0 aliphatic carbocycles. The SMILES string of the molecule is NC(=O)c1nnc(C2COCCN2)nc1Nc1ccc(N2CCN(CC3CCN(c4ncc(-c5ccc(=O)[nH]n5)cc4C(F)(F)F)CC3)CC2)c(F)c1. The van der Waals surface area contributed by atoms with E-state index in [4.69, 9.17) is 10.5 Å². The number of nitrogens with zero attached hydrogens (tertiary/aromatic N) is 8. The summed E-state index contributed by atoms with van der Waals surface area (Å²) >= 11 is 0. The van der Waals surface area contributed by atoms with Crippen LogP contribution in [0.4, 0.5) is 40.6 Å². The number of ether oxygens (including phenoxy) is 1. The van der Waals surface area contributed by atoms with Crippen LogP contribution in [0, 0.1) is 11.7 Å². The number of aromatic amines is 1. The minimum Gasteiger partial charge on any atom is -0.378 e. The lowest BCUT2D eigenvalue weighted by molar-refractivity contribution is -0.137. The number of halogens is 4. The Bertz CT molecular complexity index is 1970. The van der Waals surface area contributed by atoms with Crippen LogP contribution < -0.4 is 31.7 Å². The van der Waals surface area contributed by atoms with E-state index in [1.807, 2.05) is 4.90 Å². The van der Waals surface area contributed by atoms with Gasteiger partial charge in [-0.2, -0.15) is 18.3 Å². The number of nitrogens with two attached hydrogens (primary N) is 1. The number of morpholine rings is 1. The number of primary amides is 1. The Morgan fingerprint density at radius 1 is 1.02 bits per heavy atom. The second-order valence-corrected chi connectivity index (χ2v) is 13.2. The molecule has 280 valence electrons. The molecule has 4 aromatic rings. The number of benzene rings is 1. The van der Waals surface area contributed by atoms with Gasteiger partial charge in [-0.3, -0.25) is 14.5 Å². The third-order valence-electron chi connectivity index (χ3n) is 9.67. The van der Waals surface area contributed by atoms with Crippen LogP contribution >= 0.6 is 0 Å². The van der Waals surface area contributed by atoms with E-state index >= 15 is 4.39 Å². The largest absolute Gasteiger partial charge is 0.419 e. The van der Waals surface area contributed by atoms with Gasteiger partial charge < -0.3 is 30.9 Å². The normalized spacial score (nSPS) is 19.0. The van der Waals surface area contributed by atoms with Gasteiger partial charge in [0.25, 0.3) is 11.5 Å². The summed E-state index contributed by atoms with van der Waals surface area (Å²) in [7, 11) is 0. The number of carbonyl (C=O) groups excluding carboxylic acids is 1. The van der Waals surface area contributed by atoms with Crippen molar-refractivity contribution in [3.05, 3.63) is 75.8 Å². The molecule has 3 aliphatic rings. The summed E-state index contributed by atoms with van der Waals surface area (Å²) in [5.41, 5.74) is 5.19. The Hall–Kier alpha value is -5.27. The predicted molar refractivity (Wildman–Crippen MR) is 186 cm³/mol. The standard InChI is InChI=1S/C34H38F4N12O3/c35-24-16-22(42-32-29(30(39)52)46-47-31(43-32)26-19-53-14-7-40-26)1-3-27(24)49-12-10-48(11-13-49)18-20-5-8-50(9-6-20)33-23(34(36,37)38)15-21(17-41-33)25-2-4-28(51)45-44-25/h1-4,15-17,20,26,40H,5-14,18-19H2,(H2,39,52)(H,45,51)(H,42,43,47). The van der Waals surface area contributed by atoms with Gasteiger partial charge in [-0.05, 0) is 49.1 Å². The molecule has 3 aliphatic heterocycles. The summed E-state index contributed by atoms with van der Waals surface area (Å²) in [6, 6.07) is 7.97. The van der Waals surface area contributed by atoms with E-state index in [-0.39, 0.29) is 34.6 Å². The zero-order valence-corrected chi connectivity index (χ0v) is 28.6. The molecule has 7 rings (SSSR count). The Balaban J connectivity index is 0.929. The number of rotatable bonds is 9. The number of H-pyrrole nitrogens is 1. The lowest BCUT2D eigenvalue weighted by atomic mass is 9.95. The number of amides is 1. The highest BCUT2D eigenvalue weighted by Crippen LogP contribution is 2.39. The molecule has 3 aromatic heterocycles. The molecule has 1 amide bonds. The Morgan fingerprint density at radius 2 is 1.81 bits per heavy atom. The topological polar surface area (TPSA) is 183 Å². The second kappa shape index (κ2) is 15.4. The van der Waals surface area contributed by atoms with Gasteiger partial charge in [0.1, 0.15) is 11.6 Å². The number of alkyl halides is 3. The van der Waals surface area contributed by atoms with Crippen LogP contribution in [0.15, 0.2) is 47.4 Å². The molecule has 53 heavy (non-hydrogen) atoms. The third kappa shape index (κ3) is 8.36. The maximum Gasteiger partial charge on any atom is 0.419 e. The van der Waals surface area contributed by atoms with Crippen molar-refractivity contribution in [2.75, 3.05) is 80.7 Å². The summed E-state index contributed by atoms with van der Waals surface area (Å²) in [6.45, 7) is 5.77. The Morgan fingerprint density at radius 3 is 2.47 bits per heavy atom. The van der Waals surface area contributed by atoms with Crippen LogP contribution in [0.25, 0.3) is 11.3 Å². The molecule has 3 fully saturated rings. The van der Waals surface area contributed by atoms with E-state index in [2.05, 4.69) is 45.9 Å². The van der Waals surface area contributed by atoms with Gasteiger partial charge >= 0.3 is 6.18 Å². The highest BCUT2D eigenvalue weighted by atomic mass is 19.4. The molecule has 1 aromatic carbocycles. The van der Waals surface area contributed by atoms with Gasteiger partial charge in [0.2, 0.25) is 0 Å². The quantitative estimate of drug-likeness (QED) is 0.184. The maximum absolute atomic E-state index is 15.5. The first-order chi connectivity index (χ1) is 25.5. The Kier molecular flexibility index (Phi) is 10.5. The fourth-order valence-electron chi connectivity index (χ4n) is 6.88. The molecule has 0 bridgehead atoms. The van der Waals surface area contributed by atoms with Crippen LogP contribution in [0.3, 0.4) is 0 Å². The van der Waals surface area contributed by atoms with Crippen molar-refractivity contribution >= 4 is 28.9 Å². The highest BCUT2D eigenvalue weighted by molar-refractivity contribution is 5.96. The van der Waals surface area contributed by atoms with Gasteiger partial charge in [0.05, 0.1) is 36.2 Å². The number of carbonyl (C=O) groups is 1. The van der Waals surface area contributed by atoms with Gasteiger partial charge in [0.15, 0.2) is 17.3 Å². The van der Waals surface area contributed by atoms with Crippen molar-refractivity contribution in [2.24, 2.45) is 11.7 Å². The van der Waals surface area contributed by atoms with Crippen LogP contribution in [-0.2, 0) is 10.9 Å². The monoisotopic (exact) mass is 738 g/mol. The molecule has 3 saturated heterocycles.